The summed E-state index contributed by atoms with van der Waals surface area (Å²) >= 11 is 0. The van der Waals surface area contributed by atoms with Gasteiger partial charge in [-0.15, -0.1) is 0 Å². The fourth-order valence-corrected chi connectivity index (χ4v) is 3.17. The molecule has 0 atom stereocenters. The zero-order valence-corrected chi connectivity index (χ0v) is 16.3. The van der Waals surface area contributed by atoms with E-state index in [2.05, 4.69) is 11.9 Å². The minimum atomic E-state index is -3.32. The molecule has 0 saturated carbocycles. The molecule has 0 bridgehead atoms. The zero-order valence-electron chi connectivity index (χ0n) is 15.4. The predicted octanol–water partition coefficient (Wildman–Crippen LogP) is 3.92. The average molecular weight is 419 g/mol. The van der Waals surface area contributed by atoms with Crippen LogP contribution in [0.5, 0.6) is 5.75 Å². The van der Waals surface area contributed by atoms with Crippen LogP contribution in [0.15, 0.2) is 53.5 Å². The first kappa shape index (κ1) is 20.4. The minimum absolute atomic E-state index is 0.0578. The van der Waals surface area contributed by atoms with E-state index in [1.165, 1.54) is 42.5 Å². The van der Waals surface area contributed by atoms with Crippen LogP contribution in [-0.4, -0.2) is 38.2 Å². The summed E-state index contributed by atoms with van der Waals surface area (Å²) < 4.78 is 47.6. The van der Waals surface area contributed by atoms with Crippen molar-refractivity contribution < 1.29 is 31.9 Å². The Hall–Kier alpha value is -3.33. The van der Waals surface area contributed by atoms with Crippen LogP contribution in [0.3, 0.4) is 0 Å². The molecule has 7 nitrogen and oxygen atoms in total. The number of hydrogen-bond donors (Lipinski definition) is 2. The van der Waals surface area contributed by atoms with Crippen molar-refractivity contribution in [2.75, 3.05) is 24.1 Å². The molecular formula is C20H18FNO6S. The maximum absolute atomic E-state index is 13.2. The van der Waals surface area contributed by atoms with Gasteiger partial charge in [0.05, 0.1) is 5.69 Å². The lowest BCUT2D eigenvalue weighted by Crippen LogP contribution is -2.13. The third-order valence-electron chi connectivity index (χ3n) is 3.99. The number of anilines is 1. The highest BCUT2D eigenvalue weighted by atomic mass is 32.2. The van der Waals surface area contributed by atoms with Crippen LogP contribution >= 0.6 is 0 Å². The van der Waals surface area contributed by atoms with Gasteiger partial charge in [-0.25, -0.2) is 17.6 Å². The normalized spacial score (nSPS) is 11.4. The molecule has 152 valence electrons. The molecule has 3 rings (SSSR count). The van der Waals surface area contributed by atoms with Gasteiger partial charge in [-0.3, -0.25) is 0 Å². The topological polar surface area (TPSA) is 106 Å². The predicted molar refractivity (Wildman–Crippen MR) is 108 cm³/mol. The highest BCUT2D eigenvalue weighted by Gasteiger charge is 2.24. The van der Waals surface area contributed by atoms with Crippen molar-refractivity contribution in [1.82, 2.24) is 0 Å². The van der Waals surface area contributed by atoms with Crippen molar-refractivity contribution in [1.29, 1.82) is 0 Å². The van der Waals surface area contributed by atoms with Crippen molar-refractivity contribution in [2.45, 2.75) is 0 Å². The Labute approximate surface area is 166 Å². The van der Waals surface area contributed by atoms with Crippen LogP contribution in [0.4, 0.5) is 10.1 Å². The van der Waals surface area contributed by atoms with E-state index < -0.39 is 21.6 Å². The summed E-state index contributed by atoms with van der Waals surface area (Å²) in [6.45, 7) is 3.69. The molecule has 0 aliphatic rings. The highest BCUT2D eigenvalue weighted by molar-refractivity contribution is 7.90. The van der Waals surface area contributed by atoms with Gasteiger partial charge < -0.3 is 19.6 Å². The van der Waals surface area contributed by atoms with Gasteiger partial charge in [0.25, 0.3) is 0 Å². The van der Waals surface area contributed by atoms with E-state index in [-0.39, 0.29) is 40.5 Å². The first-order valence-electron chi connectivity index (χ1n) is 8.44. The number of hydrogen-bond acceptors (Lipinski definition) is 6. The number of rotatable bonds is 8. The monoisotopic (exact) mass is 419 g/mol. The Balaban J connectivity index is 2.19. The van der Waals surface area contributed by atoms with E-state index in [1.54, 1.807) is 0 Å². The zero-order chi connectivity index (χ0) is 21.2. The second-order valence-electron chi connectivity index (χ2n) is 6.31. The molecule has 0 aliphatic heterocycles. The molecule has 2 aromatic carbocycles. The fourth-order valence-electron chi connectivity index (χ4n) is 2.76. The Morgan fingerprint density at radius 2 is 2.00 bits per heavy atom. The van der Waals surface area contributed by atoms with E-state index >= 15 is 0 Å². The molecule has 1 heterocycles. The molecule has 0 unspecified atom stereocenters. The van der Waals surface area contributed by atoms with Gasteiger partial charge in [-0.1, -0.05) is 12.7 Å². The van der Waals surface area contributed by atoms with Crippen LogP contribution in [0.25, 0.3) is 22.3 Å². The first-order valence-corrected chi connectivity index (χ1v) is 10.5. The first-order chi connectivity index (χ1) is 13.7. The van der Waals surface area contributed by atoms with Gasteiger partial charge in [0.15, 0.2) is 9.84 Å². The molecule has 3 aromatic rings. The number of nitrogens with one attached hydrogen (secondary N) is 1. The smallest absolute Gasteiger partial charge is 0.340 e. The second kappa shape index (κ2) is 7.96. The highest BCUT2D eigenvalue weighted by Crippen LogP contribution is 2.39. The SMILES string of the molecule is C=CCOc1cc2c(C(=O)O)c(-c3ccc(F)cc3)oc2cc1NCS(C)(=O)=O. The van der Waals surface area contributed by atoms with Gasteiger partial charge in [-0.2, -0.15) is 0 Å². The number of aromatic carboxylic acids is 1. The number of furan rings is 1. The van der Waals surface area contributed by atoms with E-state index in [0.717, 1.165) is 6.26 Å². The Bertz CT molecular complexity index is 1180. The van der Waals surface area contributed by atoms with Gasteiger partial charge in [0, 0.05) is 23.3 Å². The molecule has 0 saturated heterocycles. The Morgan fingerprint density at radius 3 is 2.59 bits per heavy atom. The van der Waals surface area contributed by atoms with E-state index in [1.807, 2.05) is 0 Å². The molecule has 9 heteroatoms. The summed E-state index contributed by atoms with van der Waals surface area (Å²) in [5.41, 5.74) is 0.814. The molecule has 1 aromatic heterocycles. The number of sulfone groups is 1. The lowest BCUT2D eigenvalue weighted by Gasteiger charge is -2.12. The van der Waals surface area contributed by atoms with Crippen LogP contribution in [0.1, 0.15) is 10.4 Å². The summed E-state index contributed by atoms with van der Waals surface area (Å²) in [7, 11) is -3.32. The van der Waals surface area contributed by atoms with Crippen molar-refractivity contribution >= 4 is 32.5 Å². The number of carboxylic acids is 1. The molecule has 0 amide bonds. The average Bonchev–Trinajstić information content (AvgIpc) is 3.02. The van der Waals surface area contributed by atoms with Crippen LogP contribution in [-0.2, 0) is 9.84 Å². The summed E-state index contributed by atoms with van der Waals surface area (Å²) in [6, 6.07) is 8.16. The molecule has 29 heavy (non-hydrogen) atoms. The number of carbonyl (C=O) groups is 1. The van der Waals surface area contributed by atoms with Crippen molar-refractivity contribution in [3.8, 4) is 17.1 Å². The summed E-state index contributed by atoms with van der Waals surface area (Å²) in [5, 5.41) is 12.7. The van der Waals surface area contributed by atoms with Crippen LogP contribution in [0, 0.1) is 5.82 Å². The quantitative estimate of drug-likeness (QED) is 0.533. The minimum Gasteiger partial charge on any atom is -0.487 e. The summed E-state index contributed by atoms with van der Waals surface area (Å²) in [4.78, 5) is 11.9. The van der Waals surface area contributed by atoms with E-state index in [0.29, 0.717) is 11.3 Å². The largest absolute Gasteiger partial charge is 0.487 e. The standard InChI is InChI=1S/C20H18FNO6S/c1-3-8-27-17-9-14-16(10-15(17)22-11-29(2,25)26)28-19(18(14)20(23)24)12-4-6-13(21)7-5-12/h3-7,9-10,22H,1,8,11H2,2H3,(H,23,24). The Kier molecular flexibility index (Phi) is 5.60. The third-order valence-corrected chi connectivity index (χ3v) is 4.66. The number of ether oxygens (including phenoxy) is 1. The lowest BCUT2D eigenvalue weighted by atomic mass is 10.0. The van der Waals surface area contributed by atoms with E-state index in [9.17, 15) is 22.7 Å². The second-order valence-corrected chi connectivity index (χ2v) is 8.45. The lowest BCUT2D eigenvalue weighted by molar-refractivity contribution is 0.0699. The Morgan fingerprint density at radius 1 is 1.31 bits per heavy atom. The van der Waals surface area contributed by atoms with Gasteiger partial charge in [0.2, 0.25) is 0 Å². The molecular weight excluding hydrogens is 401 g/mol. The summed E-state index contributed by atoms with van der Waals surface area (Å²) in [5.74, 6) is -1.73. The maximum atomic E-state index is 13.2. The molecule has 0 radical (unpaired) electrons. The van der Waals surface area contributed by atoms with Crippen molar-refractivity contribution in [3.63, 3.8) is 0 Å². The van der Waals surface area contributed by atoms with Crippen LogP contribution < -0.4 is 10.1 Å². The third kappa shape index (κ3) is 4.57. The molecule has 0 spiro atoms. The van der Waals surface area contributed by atoms with Gasteiger partial charge in [0.1, 0.15) is 41.0 Å². The molecule has 0 fully saturated rings. The number of carboxylic acid groups (broad SMARTS) is 1. The van der Waals surface area contributed by atoms with Gasteiger partial charge >= 0.3 is 5.97 Å². The van der Waals surface area contributed by atoms with Crippen molar-refractivity contribution in [3.05, 3.63) is 60.4 Å². The summed E-state index contributed by atoms with van der Waals surface area (Å²) in [6.07, 6.45) is 2.58. The van der Waals surface area contributed by atoms with Crippen molar-refractivity contribution in [2.24, 2.45) is 0 Å². The number of benzene rings is 2. The maximum Gasteiger partial charge on any atom is 0.340 e. The fraction of sp³-hybridized carbons (Fsp3) is 0.150. The van der Waals surface area contributed by atoms with E-state index in [4.69, 9.17) is 9.15 Å². The molecule has 0 aliphatic carbocycles. The van der Waals surface area contributed by atoms with Gasteiger partial charge in [-0.05, 0) is 30.3 Å². The van der Waals surface area contributed by atoms with Crippen LogP contribution in [0.2, 0.25) is 0 Å². The number of fused-ring (bicyclic) bond motifs is 1. The number of halogens is 1. The molecule has 2 N–H and O–H groups in total.